The fourth-order valence-corrected chi connectivity index (χ4v) is 2.39. The van der Waals surface area contributed by atoms with E-state index in [-0.39, 0.29) is 11.5 Å². The SMILES string of the molecule is CC(=O)Nc1cccc(C(=O)O[C@H](C)C(=O)Nc2c(C)nn(C)c2C)c1. The van der Waals surface area contributed by atoms with Crippen LogP contribution in [-0.2, 0) is 21.4 Å². The van der Waals surface area contributed by atoms with E-state index >= 15 is 0 Å². The standard InChI is InChI=1S/C18H22N4O4/c1-10-16(11(2)22(5)21-10)20-17(24)12(3)26-18(25)14-7-6-8-15(9-14)19-13(4)23/h6-9,12H,1-5H3,(H,19,23)(H,20,24)/t12-/m1/s1. The predicted octanol–water partition coefficient (Wildman–Crippen LogP) is 2.18. The van der Waals surface area contributed by atoms with Crippen LogP contribution in [0, 0.1) is 13.8 Å². The Kier molecular flexibility index (Phi) is 5.76. The third-order valence-corrected chi connectivity index (χ3v) is 3.83. The molecular formula is C18H22N4O4. The molecule has 2 N–H and O–H groups in total. The van der Waals surface area contributed by atoms with Crippen molar-refractivity contribution in [2.24, 2.45) is 7.05 Å². The molecule has 1 aromatic heterocycles. The molecule has 1 aromatic carbocycles. The van der Waals surface area contributed by atoms with Gasteiger partial charge < -0.3 is 15.4 Å². The topological polar surface area (TPSA) is 102 Å². The van der Waals surface area contributed by atoms with Gasteiger partial charge in [0.05, 0.1) is 22.6 Å². The van der Waals surface area contributed by atoms with Crippen LogP contribution in [0.3, 0.4) is 0 Å². The second-order valence-corrected chi connectivity index (χ2v) is 5.97. The molecule has 0 bridgehead atoms. The van der Waals surface area contributed by atoms with Crippen LogP contribution in [0.2, 0.25) is 0 Å². The van der Waals surface area contributed by atoms with Crippen LogP contribution < -0.4 is 10.6 Å². The molecule has 8 heteroatoms. The van der Waals surface area contributed by atoms with Crippen molar-refractivity contribution in [2.45, 2.75) is 33.8 Å². The first-order valence-corrected chi connectivity index (χ1v) is 8.08. The molecule has 2 rings (SSSR count). The van der Waals surface area contributed by atoms with Crippen molar-refractivity contribution < 1.29 is 19.1 Å². The number of nitrogens with one attached hydrogen (secondary N) is 2. The summed E-state index contributed by atoms with van der Waals surface area (Å²) in [4.78, 5) is 35.7. The summed E-state index contributed by atoms with van der Waals surface area (Å²) < 4.78 is 6.89. The van der Waals surface area contributed by atoms with E-state index in [2.05, 4.69) is 15.7 Å². The van der Waals surface area contributed by atoms with E-state index in [1.54, 1.807) is 36.9 Å². The minimum absolute atomic E-state index is 0.240. The Morgan fingerprint density at radius 2 is 1.88 bits per heavy atom. The quantitative estimate of drug-likeness (QED) is 0.798. The number of benzene rings is 1. The average molecular weight is 358 g/mol. The van der Waals surface area contributed by atoms with Crippen LogP contribution in [0.4, 0.5) is 11.4 Å². The molecule has 1 atom stereocenters. The second-order valence-electron chi connectivity index (χ2n) is 5.97. The van der Waals surface area contributed by atoms with Gasteiger partial charge in [-0.25, -0.2) is 4.79 Å². The highest BCUT2D eigenvalue weighted by molar-refractivity contribution is 5.98. The number of carbonyl (C=O) groups is 3. The van der Waals surface area contributed by atoms with E-state index in [4.69, 9.17) is 4.74 Å². The zero-order valence-corrected chi connectivity index (χ0v) is 15.4. The minimum atomic E-state index is -0.995. The fourth-order valence-electron chi connectivity index (χ4n) is 2.39. The minimum Gasteiger partial charge on any atom is -0.449 e. The number of hydrogen-bond acceptors (Lipinski definition) is 5. The summed E-state index contributed by atoms with van der Waals surface area (Å²) in [6.07, 6.45) is -0.995. The van der Waals surface area contributed by atoms with Gasteiger partial charge in [-0.15, -0.1) is 0 Å². The van der Waals surface area contributed by atoms with Gasteiger partial charge in [-0.05, 0) is 39.0 Å². The van der Waals surface area contributed by atoms with Crippen molar-refractivity contribution in [3.8, 4) is 0 Å². The number of amides is 2. The summed E-state index contributed by atoms with van der Waals surface area (Å²) in [5.74, 6) is -1.35. The molecule has 0 saturated heterocycles. The van der Waals surface area contributed by atoms with Gasteiger partial charge in [0.15, 0.2) is 6.10 Å². The third-order valence-electron chi connectivity index (χ3n) is 3.83. The Hall–Kier alpha value is -3.16. The summed E-state index contributed by atoms with van der Waals surface area (Å²) in [7, 11) is 1.78. The first kappa shape index (κ1) is 19.2. The second kappa shape index (κ2) is 7.81. The molecule has 0 aliphatic rings. The molecule has 0 unspecified atom stereocenters. The highest BCUT2D eigenvalue weighted by atomic mass is 16.5. The van der Waals surface area contributed by atoms with Crippen LogP contribution in [0.1, 0.15) is 35.6 Å². The van der Waals surface area contributed by atoms with Crippen molar-refractivity contribution in [1.29, 1.82) is 0 Å². The van der Waals surface area contributed by atoms with Gasteiger partial charge in [-0.3, -0.25) is 14.3 Å². The van der Waals surface area contributed by atoms with Crippen molar-refractivity contribution in [1.82, 2.24) is 9.78 Å². The lowest BCUT2D eigenvalue weighted by molar-refractivity contribution is -0.123. The van der Waals surface area contributed by atoms with E-state index in [0.717, 1.165) is 5.69 Å². The zero-order valence-electron chi connectivity index (χ0n) is 15.4. The van der Waals surface area contributed by atoms with E-state index in [9.17, 15) is 14.4 Å². The normalized spacial score (nSPS) is 11.6. The number of carbonyl (C=O) groups excluding carboxylic acids is 3. The van der Waals surface area contributed by atoms with Crippen molar-refractivity contribution in [2.75, 3.05) is 10.6 Å². The Morgan fingerprint density at radius 1 is 1.19 bits per heavy atom. The zero-order chi connectivity index (χ0) is 19.4. The van der Waals surface area contributed by atoms with E-state index in [1.165, 1.54) is 19.9 Å². The summed E-state index contributed by atoms with van der Waals surface area (Å²) in [5, 5.41) is 9.55. The van der Waals surface area contributed by atoms with Crippen LogP contribution in [0.15, 0.2) is 24.3 Å². The molecule has 0 aliphatic carbocycles. The van der Waals surface area contributed by atoms with Gasteiger partial charge in [0, 0.05) is 19.7 Å². The molecule has 0 fully saturated rings. The molecule has 138 valence electrons. The maximum Gasteiger partial charge on any atom is 0.338 e. The van der Waals surface area contributed by atoms with Gasteiger partial charge >= 0.3 is 5.97 Å². The van der Waals surface area contributed by atoms with Crippen molar-refractivity contribution in [3.63, 3.8) is 0 Å². The molecule has 26 heavy (non-hydrogen) atoms. The Balaban J connectivity index is 2.04. The number of ether oxygens (including phenoxy) is 1. The van der Waals surface area contributed by atoms with Crippen LogP contribution in [0.25, 0.3) is 0 Å². The number of hydrogen-bond donors (Lipinski definition) is 2. The molecule has 0 saturated carbocycles. The molecule has 8 nitrogen and oxygen atoms in total. The summed E-state index contributed by atoms with van der Waals surface area (Å²) in [5.41, 5.74) is 2.81. The summed E-state index contributed by atoms with van der Waals surface area (Å²) >= 11 is 0. The number of aromatic nitrogens is 2. The Bertz CT molecular complexity index is 857. The van der Waals surface area contributed by atoms with Crippen LogP contribution >= 0.6 is 0 Å². The monoisotopic (exact) mass is 358 g/mol. The number of esters is 1. The largest absolute Gasteiger partial charge is 0.449 e. The van der Waals surface area contributed by atoms with Crippen LogP contribution in [-0.4, -0.2) is 33.7 Å². The van der Waals surface area contributed by atoms with Gasteiger partial charge in [-0.2, -0.15) is 5.10 Å². The number of rotatable bonds is 5. The maximum absolute atomic E-state index is 12.3. The number of anilines is 2. The first-order chi connectivity index (χ1) is 12.2. The predicted molar refractivity (Wildman–Crippen MR) is 96.9 cm³/mol. The van der Waals surface area contributed by atoms with Gasteiger partial charge in [0.2, 0.25) is 5.91 Å². The molecular weight excluding hydrogens is 336 g/mol. The van der Waals surface area contributed by atoms with Crippen LogP contribution in [0.5, 0.6) is 0 Å². The Labute approximate surface area is 151 Å². The van der Waals surface area contributed by atoms with Crippen molar-refractivity contribution in [3.05, 3.63) is 41.2 Å². The lowest BCUT2D eigenvalue weighted by atomic mass is 10.2. The van der Waals surface area contributed by atoms with Gasteiger partial charge in [0.1, 0.15) is 0 Å². The van der Waals surface area contributed by atoms with E-state index < -0.39 is 18.0 Å². The molecule has 0 aliphatic heterocycles. The first-order valence-electron chi connectivity index (χ1n) is 8.08. The number of nitrogens with zero attached hydrogens (tertiary/aromatic N) is 2. The molecule has 2 aromatic rings. The lowest BCUT2D eigenvalue weighted by Crippen LogP contribution is -2.30. The third kappa shape index (κ3) is 4.47. The summed E-state index contributed by atoms with van der Waals surface area (Å²) in [6, 6.07) is 6.31. The van der Waals surface area contributed by atoms with Crippen molar-refractivity contribution >= 4 is 29.2 Å². The van der Waals surface area contributed by atoms with E-state index in [0.29, 0.717) is 17.1 Å². The summed E-state index contributed by atoms with van der Waals surface area (Å²) in [6.45, 7) is 6.48. The number of aryl methyl sites for hydroxylation is 2. The molecule has 0 spiro atoms. The maximum atomic E-state index is 12.3. The highest BCUT2D eigenvalue weighted by Gasteiger charge is 2.21. The smallest absolute Gasteiger partial charge is 0.338 e. The lowest BCUT2D eigenvalue weighted by Gasteiger charge is -2.14. The Morgan fingerprint density at radius 3 is 2.46 bits per heavy atom. The molecule has 1 heterocycles. The van der Waals surface area contributed by atoms with Gasteiger partial charge in [-0.1, -0.05) is 6.07 Å². The molecule has 2 amide bonds. The highest BCUT2D eigenvalue weighted by Crippen LogP contribution is 2.19. The molecule has 0 radical (unpaired) electrons. The van der Waals surface area contributed by atoms with Gasteiger partial charge in [0.25, 0.3) is 5.91 Å². The van der Waals surface area contributed by atoms with E-state index in [1.807, 2.05) is 6.92 Å². The average Bonchev–Trinajstić information content (AvgIpc) is 2.80. The fraction of sp³-hybridized carbons (Fsp3) is 0.333.